The second-order valence-electron chi connectivity index (χ2n) is 6.64. The van der Waals surface area contributed by atoms with Crippen LogP contribution < -0.4 is 18.9 Å². The summed E-state index contributed by atoms with van der Waals surface area (Å²) in [5, 5.41) is 11.3. The molecule has 0 saturated heterocycles. The first-order chi connectivity index (χ1) is 15.5. The Balaban J connectivity index is 1.87. The van der Waals surface area contributed by atoms with Gasteiger partial charge in [-0.2, -0.15) is 0 Å². The highest BCUT2D eigenvalue weighted by molar-refractivity contribution is 5.91. The number of carbonyl (C=O) groups excluding carboxylic acids is 1. The van der Waals surface area contributed by atoms with Gasteiger partial charge in [-0.25, -0.2) is 4.79 Å². The third-order valence-electron chi connectivity index (χ3n) is 4.49. The molecule has 10 heteroatoms. The highest BCUT2D eigenvalue weighted by Crippen LogP contribution is 2.39. The van der Waals surface area contributed by atoms with Gasteiger partial charge in [-0.1, -0.05) is 0 Å². The monoisotopic (exact) mass is 447 g/mol. The Kier molecular flexibility index (Phi) is 7.72. The number of rotatable bonds is 10. The van der Waals surface area contributed by atoms with Crippen LogP contribution in [0.25, 0.3) is 0 Å². The van der Waals surface area contributed by atoms with Crippen molar-refractivity contribution in [3.05, 3.63) is 51.1 Å². The van der Waals surface area contributed by atoms with Gasteiger partial charge in [-0.3, -0.25) is 10.1 Å². The van der Waals surface area contributed by atoms with E-state index in [9.17, 15) is 14.9 Å². The van der Waals surface area contributed by atoms with Crippen LogP contribution in [0.15, 0.2) is 24.3 Å². The molecular weight excluding hydrogens is 422 g/mol. The second-order valence-corrected chi connectivity index (χ2v) is 6.64. The number of hydrogen-bond donors (Lipinski definition) is 0. The molecule has 0 aliphatic carbocycles. The lowest BCUT2D eigenvalue weighted by molar-refractivity contribution is -0.385. The first-order valence-electron chi connectivity index (χ1n) is 10.2. The fraction of sp³-hybridized carbons (Fsp3) is 0.409. The van der Waals surface area contributed by atoms with Crippen LogP contribution in [0, 0.1) is 10.1 Å². The normalized spacial score (nSPS) is 12.3. The molecule has 2 aromatic carbocycles. The number of nitrogens with zero attached hydrogens (tertiary/aromatic N) is 1. The van der Waals surface area contributed by atoms with Crippen molar-refractivity contribution in [2.75, 3.05) is 26.6 Å². The van der Waals surface area contributed by atoms with E-state index in [1.165, 1.54) is 24.3 Å². The molecular formula is C22H25NO9. The fourth-order valence-electron chi connectivity index (χ4n) is 3.23. The molecule has 0 spiro atoms. The molecule has 1 aliphatic heterocycles. The third kappa shape index (κ3) is 5.20. The first kappa shape index (κ1) is 23.1. The Bertz CT molecular complexity index is 963. The molecule has 32 heavy (non-hydrogen) atoms. The minimum Gasteiger partial charge on any atom is -0.490 e. The van der Waals surface area contributed by atoms with Gasteiger partial charge in [0, 0.05) is 23.3 Å². The first-order valence-corrected chi connectivity index (χ1v) is 10.2. The smallest absolute Gasteiger partial charge is 0.338 e. The molecule has 172 valence electrons. The average molecular weight is 447 g/mol. The topological polar surface area (TPSA) is 116 Å². The number of nitro groups is 1. The van der Waals surface area contributed by atoms with Crippen molar-refractivity contribution in [2.45, 2.75) is 34.0 Å². The number of hydrogen-bond acceptors (Lipinski definition) is 9. The van der Waals surface area contributed by atoms with Gasteiger partial charge in [0.25, 0.3) is 5.69 Å². The highest BCUT2D eigenvalue weighted by atomic mass is 16.7. The summed E-state index contributed by atoms with van der Waals surface area (Å²) in [5.74, 6) is 0.906. The molecule has 2 aromatic rings. The van der Waals surface area contributed by atoms with E-state index in [1.807, 2.05) is 20.8 Å². The molecule has 1 heterocycles. The molecule has 0 amide bonds. The van der Waals surface area contributed by atoms with Crippen LogP contribution >= 0.6 is 0 Å². The van der Waals surface area contributed by atoms with Gasteiger partial charge in [0.2, 0.25) is 5.75 Å². The largest absolute Gasteiger partial charge is 0.490 e. The lowest BCUT2D eigenvalue weighted by Gasteiger charge is -2.20. The van der Waals surface area contributed by atoms with E-state index >= 15 is 0 Å². The summed E-state index contributed by atoms with van der Waals surface area (Å²) in [6, 6.07) is 5.75. The molecule has 0 fully saturated rings. The molecule has 0 atom stereocenters. The van der Waals surface area contributed by atoms with Crippen molar-refractivity contribution in [3.63, 3.8) is 0 Å². The minimum atomic E-state index is -0.651. The van der Waals surface area contributed by atoms with E-state index in [-0.39, 0.29) is 31.3 Å². The Labute approximate surface area is 185 Å². The molecule has 0 radical (unpaired) electrons. The molecule has 10 nitrogen and oxygen atoms in total. The Morgan fingerprint density at radius 1 is 1.03 bits per heavy atom. The van der Waals surface area contributed by atoms with Crippen LogP contribution in [0.1, 0.15) is 42.3 Å². The standard InChI is InChI=1S/C22H25NO9/c1-4-28-18-9-14(10-19(29-5-2)21(18)30-6-3)22(24)31-12-16-8-17(23(25)26)7-15-11-27-13-32-20(15)16/h7-10H,4-6,11-13H2,1-3H3. The van der Waals surface area contributed by atoms with Crippen molar-refractivity contribution in [1.29, 1.82) is 0 Å². The number of nitro benzene ring substituents is 1. The van der Waals surface area contributed by atoms with E-state index in [1.54, 1.807) is 0 Å². The van der Waals surface area contributed by atoms with Crippen LogP contribution in [0.4, 0.5) is 5.69 Å². The molecule has 0 bridgehead atoms. The summed E-state index contributed by atoms with van der Waals surface area (Å²) < 4.78 is 33.0. The van der Waals surface area contributed by atoms with Crippen LogP contribution in [0.3, 0.4) is 0 Å². The van der Waals surface area contributed by atoms with E-state index in [2.05, 4.69) is 0 Å². The van der Waals surface area contributed by atoms with E-state index < -0.39 is 10.9 Å². The van der Waals surface area contributed by atoms with Crippen LogP contribution in [0.2, 0.25) is 0 Å². The van der Waals surface area contributed by atoms with Gasteiger partial charge in [-0.05, 0) is 32.9 Å². The molecule has 3 rings (SSSR count). The van der Waals surface area contributed by atoms with Crippen molar-refractivity contribution >= 4 is 11.7 Å². The molecule has 1 aliphatic rings. The maximum absolute atomic E-state index is 12.8. The van der Waals surface area contributed by atoms with Crippen molar-refractivity contribution in [1.82, 2.24) is 0 Å². The molecule has 0 unspecified atom stereocenters. The lowest BCUT2D eigenvalue weighted by atomic mass is 10.1. The molecule has 0 N–H and O–H groups in total. The lowest BCUT2D eigenvalue weighted by Crippen LogP contribution is -2.15. The third-order valence-corrected chi connectivity index (χ3v) is 4.49. The predicted molar refractivity (Wildman–Crippen MR) is 112 cm³/mol. The van der Waals surface area contributed by atoms with E-state index in [0.29, 0.717) is 53.9 Å². The summed E-state index contributed by atoms with van der Waals surface area (Å²) in [4.78, 5) is 23.6. The number of non-ortho nitro benzene ring substituents is 1. The van der Waals surface area contributed by atoms with Crippen LogP contribution in [-0.2, 0) is 22.7 Å². The van der Waals surface area contributed by atoms with Gasteiger partial charge < -0.3 is 28.4 Å². The van der Waals surface area contributed by atoms with Crippen molar-refractivity contribution in [3.8, 4) is 23.0 Å². The van der Waals surface area contributed by atoms with Gasteiger partial charge in [-0.15, -0.1) is 0 Å². The Hall–Kier alpha value is -3.53. The highest BCUT2D eigenvalue weighted by Gasteiger charge is 2.23. The second kappa shape index (κ2) is 10.7. The van der Waals surface area contributed by atoms with E-state index in [0.717, 1.165) is 0 Å². The average Bonchev–Trinajstić information content (AvgIpc) is 2.79. The zero-order valence-corrected chi connectivity index (χ0v) is 18.2. The maximum atomic E-state index is 12.8. The van der Waals surface area contributed by atoms with Crippen molar-refractivity contribution < 1.29 is 38.1 Å². The summed E-state index contributed by atoms with van der Waals surface area (Å²) in [7, 11) is 0. The summed E-state index contributed by atoms with van der Waals surface area (Å²) in [6.07, 6.45) is 0. The van der Waals surface area contributed by atoms with E-state index in [4.69, 9.17) is 28.4 Å². The predicted octanol–water partition coefficient (Wildman–Crippen LogP) is 4.01. The number of benzene rings is 2. The fourth-order valence-corrected chi connectivity index (χ4v) is 3.23. The van der Waals surface area contributed by atoms with Gasteiger partial charge in [0.05, 0.1) is 36.9 Å². The van der Waals surface area contributed by atoms with Gasteiger partial charge in [0.1, 0.15) is 12.4 Å². The van der Waals surface area contributed by atoms with Crippen LogP contribution in [-0.4, -0.2) is 37.5 Å². The number of ether oxygens (including phenoxy) is 6. The van der Waals surface area contributed by atoms with Gasteiger partial charge in [0.15, 0.2) is 18.3 Å². The summed E-state index contributed by atoms with van der Waals surface area (Å²) in [5.41, 5.74) is 0.966. The Morgan fingerprint density at radius 3 is 2.28 bits per heavy atom. The number of fused-ring (bicyclic) bond motifs is 1. The van der Waals surface area contributed by atoms with Crippen LogP contribution in [0.5, 0.6) is 23.0 Å². The minimum absolute atomic E-state index is 0.0140. The maximum Gasteiger partial charge on any atom is 0.338 e. The zero-order chi connectivity index (χ0) is 23.1. The quantitative estimate of drug-likeness (QED) is 0.302. The number of esters is 1. The Morgan fingerprint density at radius 2 is 1.69 bits per heavy atom. The zero-order valence-electron chi connectivity index (χ0n) is 18.2. The van der Waals surface area contributed by atoms with Crippen molar-refractivity contribution in [2.24, 2.45) is 0 Å². The summed E-state index contributed by atoms with van der Waals surface area (Å²) in [6.45, 7) is 6.56. The SMILES string of the molecule is CCOc1cc(C(=O)OCc2cc([N+](=O)[O-])cc3c2OCOC3)cc(OCC)c1OCC. The number of carbonyl (C=O) groups is 1. The molecule has 0 saturated carbocycles. The summed E-state index contributed by atoms with van der Waals surface area (Å²) >= 11 is 0. The van der Waals surface area contributed by atoms with Gasteiger partial charge >= 0.3 is 5.97 Å². The molecule has 0 aromatic heterocycles.